The number of likely N-dealkylation sites (tertiary alicyclic amines) is 1. The van der Waals surface area contributed by atoms with Crippen LogP contribution in [-0.4, -0.2) is 66.4 Å². The number of rotatable bonds is 4. The SMILES string of the molecule is Cc1ccc([C@H]2NC(=O)N(C)C3=C2C(=O)N(CCN2CCCCC2)C3)cc1. The van der Waals surface area contributed by atoms with Gasteiger partial charge in [-0.2, -0.15) is 0 Å². The molecule has 3 aliphatic rings. The number of piperidine rings is 1. The highest BCUT2D eigenvalue weighted by molar-refractivity contribution is 6.01. The molecule has 0 unspecified atom stereocenters. The maximum atomic E-state index is 13.2. The summed E-state index contributed by atoms with van der Waals surface area (Å²) in [7, 11) is 1.75. The van der Waals surface area contributed by atoms with E-state index in [0.29, 0.717) is 13.1 Å². The zero-order valence-electron chi connectivity index (χ0n) is 16.2. The lowest BCUT2D eigenvalue weighted by Crippen LogP contribution is -2.45. The first-order chi connectivity index (χ1) is 13.0. The quantitative estimate of drug-likeness (QED) is 0.887. The Morgan fingerprint density at radius 1 is 1.04 bits per heavy atom. The second kappa shape index (κ2) is 7.35. The Labute approximate surface area is 160 Å². The van der Waals surface area contributed by atoms with Crippen LogP contribution in [-0.2, 0) is 4.79 Å². The Hall–Kier alpha value is -2.34. The van der Waals surface area contributed by atoms with Gasteiger partial charge in [-0.15, -0.1) is 0 Å². The Morgan fingerprint density at radius 2 is 1.74 bits per heavy atom. The summed E-state index contributed by atoms with van der Waals surface area (Å²) in [4.78, 5) is 31.6. The van der Waals surface area contributed by atoms with E-state index in [9.17, 15) is 9.59 Å². The van der Waals surface area contributed by atoms with Crippen LogP contribution >= 0.6 is 0 Å². The normalized spacial score (nSPS) is 23.7. The number of hydrogen-bond acceptors (Lipinski definition) is 3. The Morgan fingerprint density at radius 3 is 2.44 bits per heavy atom. The third-order valence-corrected chi connectivity index (χ3v) is 5.98. The van der Waals surface area contributed by atoms with Crippen LogP contribution in [0.5, 0.6) is 0 Å². The molecule has 0 aliphatic carbocycles. The third-order valence-electron chi connectivity index (χ3n) is 5.98. The zero-order valence-corrected chi connectivity index (χ0v) is 16.2. The van der Waals surface area contributed by atoms with E-state index >= 15 is 0 Å². The number of carbonyl (C=O) groups excluding carboxylic acids is 2. The van der Waals surface area contributed by atoms with E-state index in [-0.39, 0.29) is 18.0 Å². The van der Waals surface area contributed by atoms with E-state index in [1.807, 2.05) is 36.1 Å². The average molecular weight is 368 g/mol. The zero-order chi connectivity index (χ0) is 19.0. The van der Waals surface area contributed by atoms with Gasteiger partial charge >= 0.3 is 6.03 Å². The molecule has 4 rings (SSSR count). The van der Waals surface area contributed by atoms with Crippen molar-refractivity contribution >= 4 is 11.9 Å². The fourth-order valence-corrected chi connectivity index (χ4v) is 4.26. The van der Waals surface area contributed by atoms with Crippen LogP contribution in [0.15, 0.2) is 35.5 Å². The molecule has 3 aliphatic heterocycles. The number of benzene rings is 1. The van der Waals surface area contributed by atoms with Gasteiger partial charge in [-0.1, -0.05) is 36.2 Å². The molecule has 0 radical (unpaired) electrons. The minimum absolute atomic E-state index is 0.0550. The van der Waals surface area contributed by atoms with E-state index in [1.54, 1.807) is 11.9 Å². The van der Waals surface area contributed by atoms with Crippen LogP contribution in [0.4, 0.5) is 4.79 Å². The van der Waals surface area contributed by atoms with Crippen molar-refractivity contribution in [1.82, 2.24) is 20.0 Å². The van der Waals surface area contributed by atoms with E-state index < -0.39 is 0 Å². The summed E-state index contributed by atoms with van der Waals surface area (Å²) in [5, 5.41) is 3.00. The smallest absolute Gasteiger partial charge is 0.322 e. The van der Waals surface area contributed by atoms with Crippen molar-refractivity contribution in [3.05, 3.63) is 46.7 Å². The van der Waals surface area contributed by atoms with Gasteiger partial charge < -0.3 is 15.1 Å². The molecule has 3 heterocycles. The molecule has 1 aromatic rings. The number of amides is 3. The van der Waals surface area contributed by atoms with Gasteiger partial charge in [-0.3, -0.25) is 9.69 Å². The second-order valence-corrected chi connectivity index (χ2v) is 7.84. The highest BCUT2D eigenvalue weighted by atomic mass is 16.2. The van der Waals surface area contributed by atoms with Gasteiger partial charge in [-0.05, 0) is 38.4 Å². The van der Waals surface area contributed by atoms with Gasteiger partial charge in [-0.25, -0.2) is 4.79 Å². The predicted octanol–water partition coefficient (Wildman–Crippen LogP) is 2.27. The van der Waals surface area contributed by atoms with Crippen LogP contribution in [0.2, 0.25) is 0 Å². The molecule has 0 aromatic heterocycles. The fraction of sp³-hybridized carbons (Fsp3) is 0.524. The van der Waals surface area contributed by atoms with Crippen LogP contribution < -0.4 is 5.32 Å². The summed E-state index contributed by atoms with van der Waals surface area (Å²) in [5.41, 5.74) is 3.68. The summed E-state index contributed by atoms with van der Waals surface area (Å²) in [6, 6.07) is 7.53. The molecular formula is C21H28N4O2. The first-order valence-electron chi connectivity index (χ1n) is 9.90. The maximum Gasteiger partial charge on any atom is 0.322 e. The highest BCUT2D eigenvalue weighted by Gasteiger charge is 2.42. The fourth-order valence-electron chi connectivity index (χ4n) is 4.26. The lowest BCUT2D eigenvalue weighted by Gasteiger charge is -2.31. The molecular weight excluding hydrogens is 340 g/mol. The average Bonchev–Trinajstić information content (AvgIpc) is 3.01. The Bertz CT molecular complexity index is 765. The van der Waals surface area contributed by atoms with Gasteiger partial charge in [0.05, 0.1) is 23.9 Å². The van der Waals surface area contributed by atoms with E-state index in [2.05, 4.69) is 10.2 Å². The van der Waals surface area contributed by atoms with Crippen LogP contribution in [0.25, 0.3) is 0 Å². The Balaban J connectivity index is 1.53. The molecule has 1 saturated heterocycles. The molecule has 1 N–H and O–H groups in total. The predicted molar refractivity (Wildman–Crippen MR) is 104 cm³/mol. The molecule has 144 valence electrons. The van der Waals surface area contributed by atoms with E-state index in [1.165, 1.54) is 19.3 Å². The number of nitrogens with zero attached hydrogens (tertiary/aromatic N) is 3. The number of urea groups is 1. The summed E-state index contributed by atoms with van der Waals surface area (Å²) in [6.45, 7) is 6.43. The van der Waals surface area contributed by atoms with E-state index in [4.69, 9.17) is 0 Å². The minimum atomic E-state index is -0.364. The standard InChI is InChI=1S/C21H28N4O2/c1-15-6-8-16(9-7-15)19-18-17(23(2)21(27)22-19)14-25(20(18)26)13-12-24-10-4-3-5-11-24/h6-9,19H,3-5,10-14H2,1-2H3,(H,22,27)/t19-/m1/s1. The number of hydrogen-bond donors (Lipinski definition) is 1. The van der Waals surface area contributed by atoms with Crippen molar-refractivity contribution in [2.24, 2.45) is 0 Å². The van der Waals surface area contributed by atoms with Crippen LogP contribution in [0.3, 0.4) is 0 Å². The van der Waals surface area contributed by atoms with E-state index in [0.717, 1.165) is 42.0 Å². The topological polar surface area (TPSA) is 55.9 Å². The van der Waals surface area contributed by atoms with Gasteiger partial charge in [0.15, 0.2) is 0 Å². The van der Waals surface area contributed by atoms with Crippen molar-refractivity contribution in [1.29, 1.82) is 0 Å². The Kier molecular flexibility index (Phi) is 4.91. The lowest BCUT2D eigenvalue weighted by molar-refractivity contribution is -0.126. The maximum absolute atomic E-state index is 13.2. The van der Waals surface area contributed by atoms with Crippen molar-refractivity contribution in [3.8, 4) is 0 Å². The number of likely N-dealkylation sites (N-methyl/N-ethyl adjacent to an activating group) is 1. The largest absolute Gasteiger partial charge is 0.332 e. The second-order valence-electron chi connectivity index (χ2n) is 7.84. The molecule has 27 heavy (non-hydrogen) atoms. The number of carbonyl (C=O) groups is 2. The lowest BCUT2D eigenvalue weighted by atomic mass is 9.95. The third kappa shape index (κ3) is 3.46. The molecule has 1 aromatic carbocycles. The van der Waals surface area contributed by atoms with Gasteiger partial charge in [0, 0.05) is 20.1 Å². The summed E-state index contributed by atoms with van der Waals surface area (Å²) in [5.74, 6) is 0.0550. The molecule has 6 heteroatoms. The van der Waals surface area contributed by atoms with Crippen molar-refractivity contribution in [2.45, 2.75) is 32.2 Å². The molecule has 0 saturated carbocycles. The molecule has 1 atom stereocenters. The van der Waals surface area contributed by atoms with Crippen LogP contribution in [0.1, 0.15) is 36.4 Å². The number of nitrogens with one attached hydrogen (secondary N) is 1. The summed E-state index contributed by atoms with van der Waals surface area (Å²) < 4.78 is 0. The molecule has 3 amide bonds. The first-order valence-corrected chi connectivity index (χ1v) is 9.90. The highest BCUT2D eigenvalue weighted by Crippen LogP contribution is 2.35. The first kappa shape index (κ1) is 18.0. The molecule has 0 spiro atoms. The van der Waals surface area contributed by atoms with Crippen LogP contribution in [0, 0.1) is 6.92 Å². The van der Waals surface area contributed by atoms with Gasteiger partial charge in [0.1, 0.15) is 0 Å². The van der Waals surface area contributed by atoms with Crippen molar-refractivity contribution in [3.63, 3.8) is 0 Å². The van der Waals surface area contributed by atoms with Crippen molar-refractivity contribution < 1.29 is 9.59 Å². The summed E-state index contributed by atoms with van der Waals surface area (Å²) >= 11 is 0. The number of aryl methyl sites for hydroxylation is 1. The van der Waals surface area contributed by atoms with Gasteiger partial charge in [0.2, 0.25) is 0 Å². The van der Waals surface area contributed by atoms with Gasteiger partial charge in [0.25, 0.3) is 5.91 Å². The molecule has 1 fully saturated rings. The minimum Gasteiger partial charge on any atom is -0.332 e. The molecule has 0 bridgehead atoms. The summed E-state index contributed by atoms with van der Waals surface area (Å²) in [6.07, 6.45) is 3.81. The monoisotopic (exact) mass is 368 g/mol. The molecule has 6 nitrogen and oxygen atoms in total. The van der Waals surface area contributed by atoms with Crippen molar-refractivity contribution in [2.75, 3.05) is 39.8 Å².